The van der Waals surface area contributed by atoms with E-state index in [2.05, 4.69) is 10.3 Å². The van der Waals surface area contributed by atoms with E-state index in [9.17, 15) is 14.4 Å². The Hall–Kier alpha value is -2.98. The highest BCUT2D eigenvalue weighted by Crippen LogP contribution is 2.36. The minimum atomic E-state index is -0.366. The van der Waals surface area contributed by atoms with Crippen molar-refractivity contribution < 1.29 is 23.9 Å². The Labute approximate surface area is 214 Å². The van der Waals surface area contributed by atoms with Gasteiger partial charge in [-0.15, -0.1) is 11.3 Å². The summed E-state index contributed by atoms with van der Waals surface area (Å²) in [6.07, 6.45) is 2.11. The van der Waals surface area contributed by atoms with Crippen LogP contribution < -0.4 is 10.1 Å². The molecule has 0 unspecified atom stereocenters. The van der Waals surface area contributed by atoms with Crippen LogP contribution in [0.1, 0.15) is 41.2 Å². The molecule has 2 aromatic rings. The highest BCUT2D eigenvalue weighted by atomic mass is 32.1. The maximum atomic E-state index is 13.4. The second kappa shape index (κ2) is 11.4. The molecule has 2 fully saturated rings. The van der Waals surface area contributed by atoms with Crippen LogP contribution in [-0.2, 0) is 14.3 Å². The Balaban J connectivity index is 1.35. The van der Waals surface area contributed by atoms with E-state index < -0.39 is 0 Å². The van der Waals surface area contributed by atoms with E-state index in [1.54, 1.807) is 15.8 Å². The number of rotatable bonds is 2. The predicted molar refractivity (Wildman–Crippen MR) is 134 cm³/mol. The zero-order valence-electron chi connectivity index (χ0n) is 20.3. The van der Waals surface area contributed by atoms with Gasteiger partial charge in [0.15, 0.2) is 0 Å². The SMILES string of the molecule is O=C1NCCN(C(=O)c2cscn2)CCCOc2cccc(c2)[C@H]2CN(C(=O)C3CCOCC3)C[C@H]12. The quantitative estimate of drug-likeness (QED) is 0.662. The van der Waals surface area contributed by atoms with Crippen molar-refractivity contribution >= 4 is 29.1 Å². The molecule has 3 aliphatic rings. The van der Waals surface area contributed by atoms with Crippen molar-refractivity contribution in [1.82, 2.24) is 20.1 Å². The van der Waals surface area contributed by atoms with Gasteiger partial charge in [0, 0.05) is 63.2 Å². The number of nitrogens with zero attached hydrogens (tertiary/aromatic N) is 3. The summed E-state index contributed by atoms with van der Waals surface area (Å²) in [5.74, 6) is 0.0792. The number of fused-ring (bicyclic) bond motifs is 4. The summed E-state index contributed by atoms with van der Waals surface area (Å²) in [5.41, 5.74) is 3.06. The van der Waals surface area contributed by atoms with Gasteiger partial charge in [-0.25, -0.2) is 4.98 Å². The molecule has 0 saturated carbocycles. The van der Waals surface area contributed by atoms with E-state index in [1.807, 2.05) is 29.2 Å². The minimum Gasteiger partial charge on any atom is -0.494 e. The van der Waals surface area contributed by atoms with Gasteiger partial charge in [-0.3, -0.25) is 14.4 Å². The highest BCUT2D eigenvalue weighted by Gasteiger charge is 2.42. The van der Waals surface area contributed by atoms with Gasteiger partial charge in [-0.1, -0.05) is 12.1 Å². The van der Waals surface area contributed by atoms with E-state index in [1.165, 1.54) is 11.3 Å². The molecule has 4 heterocycles. The number of carbonyl (C=O) groups excluding carboxylic acids is 3. The summed E-state index contributed by atoms with van der Waals surface area (Å²) in [4.78, 5) is 47.3. The summed E-state index contributed by atoms with van der Waals surface area (Å²) in [6.45, 7) is 3.80. The molecule has 10 heteroatoms. The maximum absolute atomic E-state index is 13.4. The molecule has 2 saturated heterocycles. The molecule has 3 amide bonds. The molecule has 192 valence electrons. The second-order valence-electron chi connectivity index (χ2n) is 9.57. The Morgan fingerprint density at radius 3 is 2.69 bits per heavy atom. The van der Waals surface area contributed by atoms with Crippen molar-refractivity contribution in [3.8, 4) is 5.75 Å². The number of aromatic nitrogens is 1. The maximum Gasteiger partial charge on any atom is 0.273 e. The van der Waals surface area contributed by atoms with E-state index in [-0.39, 0.29) is 35.5 Å². The lowest BCUT2D eigenvalue weighted by atomic mass is 9.88. The summed E-state index contributed by atoms with van der Waals surface area (Å²) in [5, 5.41) is 4.78. The van der Waals surface area contributed by atoms with Crippen molar-refractivity contribution in [2.24, 2.45) is 11.8 Å². The first-order chi connectivity index (χ1) is 17.6. The molecule has 9 nitrogen and oxygen atoms in total. The average Bonchev–Trinajstić information content (AvgIpc) is 3.60. The number of benzene rings is 1. The van der Waals surface area contributed by atoms with Gasteiger partial charge in [0.1, 0.15) is 11.4 Å². The van der Waals surface area contributed by atoms with E-state index >= 15 is 0 Å². The number of hydrogen-bond acceptors (Lipinski definition) is 7. The van der Waals surface area contributed by atoms with Crippen LogP contribution in [0.4, 0.5) is 0 Å². The Bertz CT molecular complexity index is 1070. The number of carbonyl (C=O) groups is 3. The third kappa shape index (κ3) is 5.54. The standard InChI is InChI=1S/C26H32N4O5S/c31-24-22-15-30(25(32)18-5-11-34-12-6-18)14-21(22)19-3-1-4-20(13-19)35-10-2-8-29(9-7-27-24)26(33)23-16-36-17-28-23/h1,3-4,13,16-18,21-22H,2,5-12,14-15H2,(H,27,31)/t21-,22+/m1/s1. The third-order valence-electron chi connectivity index (χ3n) is 7.29. The van der Waals surface area contributed by atoms with Crippen molar-refractivity contribution in [2.75, 3.05) is 52.5 Å². The number of nitrogens with one attached hydrogen (secondary N) is 1. The van der Waals surface area contributed by atoms with Gasteiger partial charge in [-0.2, -0.15) is 0 Å². The van der Waals surface area contributed by atoms with Crippen LogP contribution in [0.25, 0.3) is 0 Å². The highest BCUT2D eigenvalue weighted by molar-refractivity contribution is 7.07. The van der Waals surface area contributed by atoms with Gasteiger partial charge in [-0.05, 0) is 37.0 Å². The van der Waals surface area contributed by atoms with Gasteiger partial charge in [0.2, 0.25) is 11.8 Å². The number of amides is 3. The van der Waals surface area contributed by atoms with Crippen LogP contribution in [0.5, 0.6) is 5.75 Å². The fourth-order valence-electron chi connectivity index (χ4n) is 5.31. The minimum absolute atomic E-state index is 0.0460. The zero-order chi connectivity index (χ0) is 24.9. The molecular weight excluding hydrogens is 480 g/mol. The smallest absolute Gasteiger partial charge is 0.273 e. The first-order valence-electron chi connectivity index (χ1n) is 12.6. The molecule has 5 rings (SSSR count). The Morgan fingerprint density at radius 1 is 1.06 bits per heavy atom. The van der Waals surface area contributed by atoms with Gasteiger partial charge < -0.3 is 24.6 Å². The van der Waals surface area contributed by atoms with Crippen molar-refractivity contribution in [1.29, 1.82) is 0 Å². The van der Waals surface area contributed by atoms with E-state index in [0.29, 0.717) is 64.7 Å². The predicted octanol–water partition coefficient (Wildman–Crippen LogP) is 2.15. The van der Waals surface area contributed by atoms with Crippen LogP contribution in [0.2, 0.25) is 0 Å². The molecule has 36 heavy (non-hydrogen) atoms. The molecule has 1 aromatic heterocycles. The Kier molecular flexibility index (Phi) is 7.81. The van der Waals surface area contributed by atoms with E-state index in [0.717, 1.165) is 24.2 Å². The van der Waals surface area contributed by atoms with Gasteiger partial charge >= 0.3 is 0 Å². The lowest BCUT2D eigenvalue weighted by Crippen LogP contribution is -2.42. The summed E-state index contributed by atoms with van der Waals surface area (Å²) in [6, 6.07) is 7.84. The molecule has 2 bridgehead atoms. The number of thiazole rings is 1. The molecular formula is C26H32N4O5S. The van der Waals surface area contributed by atoms with Crippen LogP contribution in [0, 0.1) is 11.8 Å². The zero-order valence-corrected chi connectivity index (χ0v) is 21.1. The van der Waals surface area contributed by atoms with Crippen LogP contribution >= 0.6 is 11.3 Å². The van der Waals surface area contributed by atoms with Crippen LogP contribution in [0.3, 0.4) is 0 Å². The van der Waals surface area contributed by atoms with Crippen molar-refractivity contribution in [3.63, 3.8) is 0 Å². The van der Waals surface area contributed by atoms with Crippen LogP contribution in [0.15, 0.2) is 35.2 Å². The van der Waals surface area contributed by atoms with Gasteiger partial charge in [0.25, 0.3) is 5.91 Å². The monoisotopic (exact) mass is 512 g/mol. The van der Waals surface area contributed by atoms with Crippen molar-refractivity contribution in [3.05, 3.63) is 46.4 Å². The topological polar surface area (TPSA) is 101 Å². The van der Waals surface area contributed by atoms with E-state index in [4.69, 9.17) is 9.47 Å². The first-order valence-corrected chi connectivity index (χ1v) is 13.6. The van der Waals surface area contributed by atoms with Crippen LogP contribution in [-0.4, -0.2) is 85.0 Å². The van der Waals surface area contributed by atoms with Gasteiger partial charge in [0.05, 0.1) is 18.0 Å². The van der Waals surface area contributed by atoms with Crippen molar-refractivity contribution in [2.45, 2.75) is 25.2 Å². The number of likely N-dealkylation sites (tertiary alicyclic amines) is 1. The number of hydrogen-bond donors (Lipinski definition) is 1. The largest absolute Gasteiger partial charge is 0.494 e. The summed E-state index contributed by atoms with van der Waals surface area (Å²) in [7, 11) is 0. The average molecular weight is 513 g/mol. The molecule has 0 spiro atoms. The first kappa shape index (κ1) is 24.7. The summed E-state index contributed by atoms with van der Waals surface area (Å²) >= 11 is 1.38. The molecule has 2 atom stereocenters. The molecule has 0 aliphatic carbocycles. The second-order valence-corrected chi connectivity index (χ2v) is 10.3. The lowest BCUT2D eigenvalue weighted by molar-refractivity contribution is -0.137. The lowest BCUT2D eigenvalue weighted by Gasteiger charge is -2.26. The third-order valence-corrected chi connectivity index (χ3v) is 7.87. The fraction of sp³-hybridized carbons (Fsp3) is 0.538. The molecule has 1 aromatic carbocycles. The molecule has 1 N–H and O–H groups in total. The molecule has 3 aliphatic heterocycles. The Morgan fingerprint density at radius 2 is 1.89 bits per heavy atom. The number of ether oxygens (including phenoxy) is 2. The molecule has 0 radical (unpaired) electrons. The summed E-state index contributed by atoms with van der Waals surface area (Å²) < 4.78 is 11.4. The normalized spacial score (nSPS) is 23.8. The fourth-order valence-corrected chi connectivity index (χ4v) is 5.84.